The molecule has 0 amide bonds. The predicted octanol–water partition coefficient (Wildman–Crippen LogP) is 10.9. The Kier molecular flexibility index (Phi) is 37.6. The second kappa shape index (κ2) is 40.5. The van der Waals surface area contributed by atoms with Crippen molar-refractivity contribution >= 4 is 17.9 Å². The van der Waals surface area contributed by atoms with E-state index in [1.807, 2.05) is 72.9 Å². The first-order valence-electron chi connectivity index (χ1n) is 22.2. The highest BCUT2D eigenvalue weighted by atomic mass is 16.6. The molecule has 0 heterocycles. The maximum absolute atomic E-state index is 12.7. The van der Waals surface area contributed by atoms with E-state index in [9.17, 15) is 19.5 Å². The van der Waals surface area contributed by atoms with Crippen LogP contribution in [0, 0.1) is 0 Å². The van der Waals surface area contributed by atoms with Gasteiger partial charge in [-0.05, 0) is 64.2 Å². The number of hydrogen-bond donors (Lipinski definition) is 0. The maximum atomic E-state index is 12.7. The van der Waals surface area contributed by atoms with Gasteiger partial charge in [0.1, 0.15) is 12.6 Å². The Balaban J connectivity index is 4.51. The topological polar surface area (TPSA) is 102 Å². The number of carbonyl (C=O) groups excluding carboxylic acids is 3. The van der Waals surface area contributed by atoms with Crippen LogP contribution in [0.4, 0.5) is 0 Å². The van der Waals surface area contributed by atoms with E-state index in [2.05, 4.69) is 62.5 Å². The third-order valence-corrected chi connectivity index (χ3v) is 9.04. The lowest BCUT2D eigenvalue weighted by Crippen LogP contribution is -2.55. The molecule has 330 valence electrons. The molecule has 0 radical (unpaired) electrons. The first-order valence-corrected chi connectivity index (χ1v) is 22.2. The third kappa shape index (κ3) is 39.0. The Morgan fingerprint density at radius 3 is 1.54 bits per heavy atom. The molecule has 2 unspecified atom stereocenters. The molecule has 0 fully saturated rings. The Bertz CT molecular complexity index is 1370. The van der Waals surface area contributed by atoms with E-state index in [4.69, 9.17) is 14.2 Å². The van der Waals surface area contributed by atoms with Gasteiger partial charge in [-0.2, -0.15) is 0 Å². The summed E-state index contributed by atoms with van der Waals surface area (Å²) < 4.78 is 17.1. The van der Waals surface area contributed by atoms with Gasteiger partial charge in [-0.1, -0.05) is 167 Å². The normalized spacial score (nSPS) is 14.1. The molecule has 0 aromatic rings. The number of unbranched alkanes of at least 4 members (excludes halogenated alkanes) is 9. The molecule has 0 saturated carbocycles. The number of carbonyl (C=O) groups is 3. The fraction of sp³-hybridized carbons (Fsp3) is 0.549. The lowest BCUT2D eigenvalue weighted by molar-refractivity contribution is -0.889. The Hall–Kier alpha value is -4.27. The van der Waals surface area contributed by atoms with Crippen LogP contribution in [0.2, 0.25) is 0 Å². The highest BCUT2D eigenvalue weighted by Gasteiger charge is 2.25. The highest BCUT2D eigenvalue weighted by Crippen LogP contribution is 2.12. The summed E-state index contributed by atoms with van der Waals surface area (Å²) in [7, 11) is 5.37. The number of nitrogens with zero attached hydrogens (tertiary/aromatic N) is 1. The fourth-order valence-corrected chi connectivity index (χ4v) is 5.65. The number of ether oxygens (including phenoxy) is 3. The third-order valence-electron chi connectivity index (χ3n) is 9.04. The van der Waals surface area contributed by atoms with Crippen LogP contribution in [-0.2, 0) is 28.6 Å². The van der Waals surface area contributed by atoms with Crippen molar-refractivity contribution < 1.29 is 38.2 Å². The summed E-state index contributed by atoms with van der Waals surface area (Å²) in [4.78, 5) is 36.9. The van der Waals surface area contributed by atoms with E-state index >= 15 is 0 Å². The van der Waals surface area contributed by atoms with Crippen molar-refractivity contribution in [3.05, 3.63) is 122 Å². The van der Waals surface area contributed by atoms with E-state index in [0.29, 0.717) is 12.8 Å². The SMILES string of the molecule is CC/C=C/C=C/C=C/C=C/C=C/C=C/C=C/CCCCCC(=O)OC(COCCC(C(=O)[O-])[N+](C)(C)C)COC(=O)CCCCCCCC/C=C/C/C=C/C/C=C/CC. The Morgan fingerprint density at radius 2 is 0.983 bits per heavy atom. The highest BCUT2D eigenvalue weighted by molar-refractivity contribution is 5.70. The second-order valence-corrected chi connectivity index (χ2v) is 15.4. The van der Waals surface area contributed by atoms with Crippen LogP contribution in [-0.4, -0.2) is 75.5 Å². The largest absolute Gasteiger partial charge is 0.544 e. The van der Waals surface area contributed by atoms with E-state index in [1.165, 1.54) is 12.8 Å². The van der Waals surface area contributed by atoms with Gasteiger partial charge in [-0.3, -0.25) is 9.59 Å². The maximum Gasteiger partial charge on any atom is 0.306 e. The van der Waals surface area contributed by atoms with Gasteiger partial charge < -0.3 is 28.6 Å². The number of carboxylic acid groups (broad SMARTS) is 1. The molecule has 0 saturated heterocycles. The molecule has 8 nitrogen and oxygen atoms in total. The summed E-state index contributed by atoms with van der Waals surface area (Å²) in [6.07, 6.45) is 56.5. The number of hydrogen-bond acceptors (Lipinski definition) is 7. The zero-order valence-electron chi connectivity index (χ0n) is 37.4. The van der Waals surface area contributed by atoms with Crippen LogP contribution >= 0.6 is 0 Å². The van der Waals surface area contributed by atoms with Crippen LogP contribution in [0.3, 0.4) is 0 Å². The van der Waals surface area contributed by atoms with Crippen molar-refractivity contribution in [3.8, 4) is 0 Å². The summed E-state index contributed by atoms with van der Waals surface area (Å²) in [5, 5.41) is 11.6. The molecule has 0 aliphatic heterocycles. The smallest absolute Gasteiger partial charge is 0.306 e. The molecule has 0 aromatic heterocycles. The van der Waals surface area contributed by atoms with Crippen molar-refractivity contribution in [2.45, 2.75) is 142 Å². The second-order valence-electron chi connectivity index (χ2n) is 15.4. The first-order chi connectivity index (χ1) is 28.6. The van der Waals surface area contributed by atoms with Crippen molar-refractivity contribution in [2.75, 3.05) is 41.0 Å². The van der Waals surface area contributed by atoms with E-state index in [-0.39, 0.29) is 49.1 Å². The number of carboxylic acids is 1. The monoisotopic (exact) mass is 818 g/mol. The number of aliphatic carboxylic acids is 1. The molecule has 0 bridgehead atoms. The van der Waals surface area contributed by atoms with Crippen LogP contribution < -0.4 is 5.11 Å². The average Bonchev–Trinajstić information content (AvgIpc) is 3.19. The van der Waals surface area contributed by atoms with Gasteiger partial charge in [-0.15, -0.1) is 0 Å². The van der Waals surface area contributed by atoms with Gasteiger partial charge in [0.15, 0.2) is 6.10 Å². The minimum Gasteiger partial charge on any atom is -0.544 e. The number of rotatable bonds is 37. The lowest BCUT2D eigenvalue weighted by Gasteiger charge is -2.34. The minimum atomic E-state index is -1.14. The summed E-state index contributed by atoms with van der Waals surface area (Å²) in [5.74, 6) is -1.83. The molecular formula is C51H79NO7. The fourth-order valence-electron chi connectivity index (χ4n) is 5.65. The number of likely N-dealkylation sites (N-methyl/N-ethyl adjacent to an activating group) is 1. The molecule has 2 atom stereocenters. The standard InChI is InChI=1S/C51H79NO7/c1-6-8-10-12-14-16-18-20-22-24-25-26-28-30-32-34-36-38-40-42-50(54)59-47(45-57-44-43-48(51(55)56)52(3,4)5)46-58-49(53)41-39-37-35-33-31-29-27-23-21-19-17-15-13-11-9-7-2/h8-12,14-18,20-26,28,30,32,47-48H,6-7,13,19,27,29,31,33-46H2,1-5H3/b10-8+,11-9+,14-12+,17-15+,18-16+,22-20+,23-21+,25-24+,28-26+,32-30+. The molecule has 0 aliphatic rings. The van der Waals surface area contributed by atoms with Crippen molar-refractivity contribution in [1.29, 1.82) is 0 Å². The summed E-state index contributed by atoms with van der Waals surface area (Å²) in [6, 6.07) is -0.745. The van der Waals surface area contributed by atoms with Gasteiger partial charge in [-0.25, -0.2) is 0 Å². The lowest BCUT2D eigenvalue weighted by atomic mass is 10.1. The number of allylic oxidation sites excluding steroid dienone is 20. The number of esters is 2. The van der Waals surface area contributed by atoms with Gasteiger partial charge in [0, 0.05) is 19.3 Å². The Labute approximate surface area is 359 Å². The Morgan fingerprint density at radius 1 is 0.525 bits per heavy atom. The van der Waals surface area contributed by atoms with Gasteiger partial charge in [0.2, 0.25) is 0 Å². The predicted molar refractivity (Wildman–Crippen MR) is 244 cm³/mol. The average molecular weight is 818 g/mol. The van der Waals surface area contributed by atoms with Crippen molar-refractivity contribution in [2.24, 2.45) is 0 Å². The number of quaternary nitrogens is 1. The van der Waals surface area contributed by atoms with Gasteiger partial charge in [0.05, 0.1) is 40.3 Å². The van der Waals surface area contributed by atoms with E-state index in [0.717, 1.165) is 77.0 Å². The quantitative estimate of drug-likeness (QED) is 0.0202. The van der Waals surface area contributed by atoms with Crippen LogP contribution in [0.5, 0.6) is 0 Å². The van der Waals surface area contributed by atoms with Crippen LogP contribution in [0.25, 0.3) is 0 Å². The zero-order valence-corrected chi connectivity index (χ0v) is 37.4. The molecule has 0 aromatic carbocycles. The minimum absolute atomic E-state index is 0.00803. The zero-order chi connectivity index (χ0) is 43.5. The summed E-state index contributed by atoms with van der Waals surface area (Å²) >= 11 is 0. The first kappa shape index (κ1) is 54.7. The molecule has 0 aliphatic carbocycles. The molecule has 0 spiro atoms. The van der Waals surface area contributed by atoms with Crippen LogP contribution in [0.1, 0.15) is 129 Å². The van der Waals surface area contributed by atoms with Gasteiger partial charge >= 0.3 is 11.9 Å². The van der Waals surface area contributed by atoms with E-state index in [1.54, 1.807) is 21.1 Å². The van der Waals surface area contributed by atoms with Crippen molar-refractivity contribution in [3.63, 3.8) is 0 Å². The van der Waals surface area contributed by atoms with Crippen molar-refractivity contribution in [1.82, 2.24) is 0 Å². The van der Waals surface area contributed by atoms with E-state index < -0.39 is 18.1 Å². The summed E-state index contributed by atoms with van der Waals surface area (Å²) in [5.41, 5.74) is 0. The molecular weight excluding hydrogens is 739 g/mol. The molecule has 8 heteroatoms. The molecule has 59 heavy (non-hydrogen) atoms. The molecule has 0 rings (SSSR count). The summed E-state index contributed by atoms with van der Waals surface area (Å²) in [6.45, 7) is 4.31. The molecule has 0 N–H and O–H groups in total. The van der Waals surface area contributed by atoms with Gasteiger partial charge in [0.25, 0.3) is 0 Å². The van der Waals surface area contributed by atoms with Crippen LogP contribution in [0.15, 0.2) is 122 Å².